The minimum absolute atomic E-state index is 0.160. The van der Waals surface area contributed by atoms with Crippen LogP contribution < -0.4 is 19.5 Å². The maximum Gasteiger partial charge on any atom is 0.234 e. The summed E-state index contributed by atoms with van der Waals surface area (Å²) in [7, 11) is 4.73. The number of carbonyl (C=O) groups excluding carboxylic acids is 1. The maximum absolute atomic E-state index is 12.5. The standard InChI is InChI=1S/C22H24N4O4S/c1-5-12-26-21(15-6-8-16(28-2)9-7-15)24-25-22(26)31-14-20(27)23-18-11-10-17(29-3)13-19(18)30-4/h5-11,13H,1,12,14H2,2-4H3,(H,23,27). The lowest BCUT2D eigenvalue weighted by molar-refractivity contribution is -0.113. The third-order valence-electron chi connectivity index (χ3n) is 4.39. The Bertz CT molecular complexity index is 1050. The van der Waals surface area contributed by atoms with Gasteiger partial charge in [-0.15, -0.1) is 16.8 Å². The number of allylic oxidation sites excluding steroid dienone is 1. The van der Waals surface area contributed by atoms with Gasteiger partial charge in [0.15, 0.2) is 11.0 Å². The number of methoxy groups -OCH3 is 3. The van der Waals surface area contributed by atoms with Crippen LogP contribution in [0.3, 0.4) is 0 Å². The number of anilines is 1. The summed E-state index contributed by atoms with van der Waals surface area (Å²) in [5.41, 5.74) is 1.47. The number of carbonyl (C=O) groups is 1. The Labute approximate surface area is 185 Å². The van der Waals surface area contributed by atoms with Gasteiger partial charge in [0.1, 0.15) is 17.2 Å². The third kappa shape index (κ3) is 5.37. The van der Waals surface area contributed by atoms with Gasteiger partial charge in [-0.05, 0) is 36.4 Å². The van der Waals surface area contributed by atoms with Crippen LogP contribution in [0.15, 0.2) is 60.3 Å². The lowest BCUT2D eigenvalue weighted by Gasteiger charge is -2.12. The van der Waals surface area contributed by atoms with E-state index in [4.69, 9.17) is 14.2 Å². The molecule has 1 heterocycles. The molecule has 0 fully saturated rings. The number of aromatic nitrogens is 3. The predicted molar refractivity (Wildman–Crippen MR) is 121 cm³/mol. The van der Waals surface area contributed by atoms with E-state index in [1.807, 2.05) is 28.8 Å². The van der Waals surface area contributed by atoms with Crippen LogP contribution in [0.2, 0.25) is 0 Å². The molecule has 0 saturated carbocycles. The lowest BCUT2D eigenvalue weighted by atomic mass is 10.2. The van der Waals surface area contributed by atoms with Gasteiger partial charge >= 0.3 is 0 Å². The van der Waals surface area contributed by atoms with Gasteiger partial charge in [0.05, 0.1) is 32.8 Å². The summed E-state index contributed by atoms with van der Waals surface area (Å²) in [4.78, 5) is 12.5. The first-order chi connectivity index (χ1) is 15.1. The molecule has 0 radical (unpaired) electrons. The molecule has 1 amide bonds. The Morgan fingerprint density at radius 1 is 1.06 bits per heavy atom. The topological polar surface area (TPSA) is 87.5 Å². The first-order valence-electron chi connectivity index (χ1n) is 9.42. The van der Waals surface area contributed by atoms with E-state index in [0.717, 1.165) is 11.3 Å². The highest BCUT2D eigenvalue weighted by atomic mass is 32.2. The number of nitrogens with zero attached hydrogens (tertiary/aromatic N) is 3. The van der Waals surface area contributed by atoms with Gasteiger partial charge in [-0.2, -0.15) is 0 Å². The molecule has 162 valence electrons. The molecule has 0 saturated heterocycles. The Morgan fingerprint density at radius 3 is 2.42 bits per heavy atom. The van der Waals surface area contributed by atoms with Crippen LogP contribution in [0, 0.1) is 0 Å². The van der Waals surface area contributed by atoms with E-state index in [0.29, 0.717) is 34.7 Å². The largest absolute Gasteiger partial charge is 0.497 e. The molecule has 1 N–H and O–H groups in total. The number of nitrogens with one attached hydrogen (secondary N) is 1. The summed E-state index contributed by atoms with van der Waals surface area (Å²) >= 11 is 1.30. The summed E-state index contributed by atoms with van der Waals surface area (Å²) < 4.78 is 17.6. The van der Waals surface area contributed by atoms with E-state index >= 15 is 0 Å². The number of hydrogen-bond donors (Lipinski definition) is 1. The molecule has 2 aromatic carbocycles. The van der Waals surface area contributed by atoms with Crippen molar-refractivity contribution < 1.29 is 19.0 Å². The van der Waals surface area contributed by atoms with E-state index in [1.165, 1.54) is 18.9 Å². The number of thioether (sulfide) groups is 1. The lowest BCUT2D eigenvalue weighted by Crippen LogP contribution is -2.15. The minimum Gasteiger partial charge on any atom is -0.497 e. The van der Waals surface area contributed by atoms with Crippen LogP contribution in [0.1, 0.15) is 0 Å². The van der Waals surface area contributed by atoms with Gasteiger partial charge in [-0.25, -0.2) is 0 Å². The average molecular weight is 441 g/mol. The van der Waals surface area contributed by atoms with Crippen molar-refractivity contribution in [2.24, 2.45) is 0 Å². The summed E-state index contributed by atoms with van der Waals surface area (Å²) in [5, 5.41) is 12.1. The van der Waals surface area contributed by atoms with E-state index < -0.39 is 0 Å². The van der Waals surface area contributed by atoms with Crippen LogP contribution in [-0.4, -0.2) is 47.8 Å². The van der Waals surface area contributed by atoms with Gasteiger partial charge in [0.25, 0.3) is 0 Å². The SMILES string of the molecule is C=CCn1c(SCC(=O)Nc2ccc(OC)cc2OC)nnc1-c1ccc(OC)cc1. The molecule has 0 bridgehead atoms. The fourth-order valence-electron chi connectivity index (χ4n) is 2.86. The number of benzene rings is 2. The van der Waals surface area contributed by atoms with Crippen molar-refractivity contribution in [1.82, 2.24) is 14.8 Å². The number of rotatable bonds is 10. The molecule has 0 aliphatic rings. The highest BCUT2D eigenvalue weighted by molar-refractivity contribution is 7.99. The summed E-state index contributed by atoms with van der Waals surface area (Å²) in [5.74, 6) is 2.60. The average Bonchev–Trinajstić information content (AvgIpc) is 3.20. The van der Waals surface area contributed by atoms with Crippen LogP contribution in [0.4, 0.5) is 5.69 Å². The van der Waals surface area contributed by atoms with E-state index in [1.54, 1.807) is 38.5 Å². The van der Waals surface area contributed by atoms with E-state index in [2.05, 4.69) is 22.1 Å². The molecule has 0 spiro atoms. The molecule has 0 atom stereocenters. The van der Waals surface area contributed by atoms with Crippen molar-refractivity contribution in [1.29, 1.82) is 0 Å². The van der Waals surface area contributed by atoms with Gasteiger partial charge in [-0.1, -0.05) is 17.8 Å². The molecule has 3 aromatic rings. The van der Waals surface area contributed by atoms with Crippen LogP contribution in [0.5, 0.6) is 17.2 Å². The van der Waals surface area contributed by atoms with Crippen molar-refractivity contribution in [3.8, 4) is 28.6 Å². The third-order valence-corrected chi connectivity index (χ3v) is 5.36. The molecule has 0 aliphatic heterocycles. The molecule has 8 nitrogen and oxygen atoms in total. The van der Waals surface area contributed by atoms with Gasteiger partial charge in [0, 0.05) is 18.2 Å². The Morgan fingerprint density at radius 2 is 1.77 bits per heavy atom. The summed E-state index contributed by atoms with van der Waals surface area (Å²) in [6, 6.07) is 12.8. The molecule has 1 aromatic heterocycles. The minimum atomic E-state index is -0.187. The molecular weight excluding hydrogens is 416 g/mol. The van der Waals surface area contributed by atoms with Gasteiger partial charge in [-0.3, -0.25) is 9.36 Å². The molecule has 0 aliphatic carbocycles. The zero-order chi connectivity index (χ0) is 22.2. The summed E-state index contributed by atoms with van der Waals surface area (Å²) in [6.45, 7) is 4.33. The molecule has 9 heteroatoms. The van der Waals surface area contributed by atoms with Crippen LogP contribution in [0.25, 0.3) is 11.4 Å². The van der Waals surface area contributed by atoms with Crippen molar-refractivity contribution in [3.05, 3.63) is 55.1 Å². The smallest absolute Gasteiger partial charge is 0.234 e. The molecular formula is C22H24N4O4S. The van der Waals surface area contributed by atoms with E-state index in [9.17, 15) is 4.79 Å². The first kappa shape index (κ1) is 22.2. The fraction of sp³-hybridized carbons (Fsp3) is 0.227. The second-order valence-corrected chi connectivity index (χ2v) is 7.28. The first-order valence-corrected chi connectivity index (χ1v) is 10.4. The predicted octanol–water partition coefficient (Wildman–Crippen LogP) is 3.89. The van der Waals surface area contributed by atoms with Crippen molar-refractivity contribution in [3.63, 3.8) is 0 Å². The molecule has 0 unspecified atom stereocenters. The highest BCUT2D eigenvalue weighted by Crippen LogP contribution is 2.30. The highest BCUT2D eigenvalue weighted by Gasteiger charge is 2.16. The second-order valence-electron chi connectivity index (χ2n) is 6.34. The van der Waals surface area contributed by atoms with E-state index in [-0.39, 0.29) is 11.7 Å². The number of amides is 1. The van der Waals surface area contributed by atoms with Crippen molar-refractivity contribution in [2.75, 3.05) is 32.4 Å². The zero-order valence-corrected chi connectivity index (χ0v) is 18.4. The zero-order valence-electron chi connectivity index (χ0n) is 17.6. The monoisotopic (exact) mass is 440 g/mol. The molecule has 3 rings (SSSR count). The van der Waals surface area contributed by atoms with Crippen LogP contribution >= 0.6 is 11.8 Å². The Balaban J connectivity index is 1.72. The quantitative estimate of drug-likeness (QED) is 0.378. The second kappa shape index (κ2) is 10.5. The normalized spacial score (nSPS) is 10.4. The Kier molecular flexibility index (Phi) is 7.55. The number of hydrogen-bond acceptors (Lipinski definition) is 7. The van der Waals surface area contributed by atoms with Crippen LogP contribution in [-0.2, 0) is 11.3 Å². The molecule has 31 heavy (non-hydrogen) atoms. The van der Waals surface area contributed by atoms with Gasteiger partial charge in [0.2, 0.25) is 5.91 Å². The van der Waals surface area contributed by atoms with Crippen molar-refractivity contribution in [2.45, 2.75) is 11.7 Å². The van der Waals surface area contributed by atoms with Gasteiger partial charge < -0.3 is 19.5 Å². The van der Waals surface area contributed by atoms with Crippen molar-refractivity contribution >= 4 is 23.4 Å². The number of ether oxygens (including phenoxy) is 3. The maximum atomic E-state index is 12.5. The Hall–Kier alpha value is -3.46. The summed E-state index contributed by atoms with van der Waals surface area (Å²) in [6.07, 6.45) is 1.77. The fourth-order valence-corrected chi connectivity index (χ4v) is 3.61.